The van der Waals surface area contributed by atoms with Crippen molar-refractivity contribution in [3.63, 3.8) is 0 Å². The van der Waals surface area contributed by atoms with Crippen LogP contribution in [0.5, 0.6) is 0 Å². The highest BCUT2D eigenvalue weighted by atomic mass is 32.2. The molecule has 0 saturated carbocycles. The maximum absolute atomic E-state index is 4.14. The van der Waals surface area contributed by atoms with Crippen LogP contribution in [0.1, 0.15) is 26.2 Å². The molecule has 0 rings (SSSR count). The minimum absolute atomic E-state index is 0.926. The second kappa shape index (κ2) is 10.7. The Labute approximate surface area is 92.1 Å². The summed E-state index contributed by atoms with van der Waals surface area (Å²) in [4.78, 5) is 4.14. The van der Waals surface area contributed by atoms with Gasteiger partial charge in [-0.15, -0.1) is 0 Å². The summed E-state index contributed by atoms with van der Waals surface area (Å²) < 4.78 is 0. The topological polar surface area (TPSA) is 36.4 Å². The van der Waals surface area contributed by atoms with Gasteiger partial charge < -0.3 is 10.6 Å². The predicted octanol–water partition coefficient (Wildman–Crippen LogP) is 1.70. The van der Waals surface area contributed by atoms with Gasteiger partial charge >= 0.3 is 0 Å². The fourth-order valence-electron chi connectivity index (χ4n) is 1.07. The Morgan fingerprint density at radius 1 is 1.21 bits per heavy atom. The molecule has 0 amide bonds. The molecule has 0 bridgehead atoms. The Morgan fingerprint density at radius 3 is 2.50 bits per heavy atom. The second-order valence-corrected chi connectivity index (χ2v) is 4.11. The first kappa shape index (κ1) is 13.6. The van der Waals surface area contributed by atoms with E-state index in [1.807, 2.05) is 18.8 Å². The van der Waals surface area contributed by atoms with Crippen molar-refractivity contribution in [3.8, 4) is 0 Å². The van der Waals surface area contributed by atoms with E-state index in [0.29, 0.717) is 0 Å². The van der Waals surface area contributed by atoms with Crippen LogP contribution in [0.2, 0.25) is 0 Å². The average Bonchev–Trinajstić information content (AvgIpc) is 2.22. The van der Waals surface area contributed by atoms with Crippen LogP contribution in [0.4, 0.5) is 0 Å². The van der Waals surface area contributed by atoms with Gasteiger partial charge in [-0.3, -0.25) is 4.99 Å². The van der Waals surface area contributed by atoms with Crippen molar-refractivity contribution in [1.29, 1.82) is 0 Å². The number of aliphatic imine (C=N–C) groups is 1. The zero-order valence-corrected chi connectivity index (χ0v) is 10.4. The van der Waals surface area contributed by atoms with E-state index in [-0.39, 0.29) is 0 Å². The zero-order valence-electron chi connectivity index (χ0n) is 9.60. The van der Waals surface area contributed by atoms with E-state index in [1.54, 1.807) is 0 Å². The van der Waals surface area contributed by atoms with Gasteiger partial charge in [0.1, 0.15) is 0 Å². The zero-order chi connectivity index (χ0) is 10.6. The number of hydrogen-bond acceptors (Lipinski definition) is 2. The van der Waals surface area contributed by atoms with E-state index in [9.17, 15) is 0 Å². The van der Waals surface area contributed by atoms with Crippen LogP contribution >= 0.6 is 11.8 Å². The summed E-state index contributed by atoms with van der Waals surface area (Å²) >= 11 is 1.84. The monoisotopic (exact) mass is 217 g/mol. The fourth-order valence-corrected chi connectivity index (χ4v) is 1.38. The highest BCUT2D eigenvalue weighted by Crippen LogP contribution is 1.91. The maximum atomic E-state index is 4.14. The molecule has 0 heterocycles. The molecule has 0 aliphatic heterocycles. The molecule has 0 spiro atoms. The van der Waals surface area contributed by atoms with Crippen molar-refractivity contribution < 1.29 is 0 Å². The minimum atomic E-state index is 0.926. The molecule has 4 heteroatoms. The molecule has 2 N–H and O–H groups in total. The van der Waals surface area contributed by atoms with E-state index in [1.165, 1.54) is 19.3 Å². The van der Waals surface area contributed by atoms with E-state index < -0.39 is 0 Å². The molecule has 0 aliphatic rings. The molecule has 14 heavy (non-hydrogen) atoms. The van der Waals surface area contributed by atoms with Gasteiger partial charge in [0.2, 0.25) is 0 Å². The van der Waals surface area contributed by atoms with Crippen molar-refractivity contribution in [2.45, 2.75) is 26.2 Å². The number of unbranched alkanes of at least 4 members (excludes halogenated alkanes) is 2. The van der Waals surface area contributed by atoms with Gasteiger partial charge in [-0.1, -0.05) is 19.8 Å². The molecule has 0 aromatic carbocycles. The lowest BCUT2D eigenvalue weighted by Gasteiger charge is -2.10. The first-order valence-corrected chi connectivity index (χ1v) is 6.68. The van der Waals surface area contributed by atoms with Gasteiger partial charge in [-0.05, 0) is 12.7 Å². The highest BCUT2D eigenvalue weighted by molar-refractivity contribution is 7.98. The number of thioether (sulfide) groups is 1. The van der Waals surface area contributed by atoms with Crippen molar-refractivity contribution in [2.24, 2.45) is 4.99 Å². The lowest BCUT2D eigenvalue weighted by Crippen LogP contribution is -2.38. The molecule has 0 aromatic rings. The van der Waals surface area contributed by atoms with E-state index >= 15 is 0 Å². The Hall–Kier alpha value is -0.380. The fraction of sp³-hybridized carbons (Fsp3) is 0.900. The number of rotatable bonds is 7. The average molecular weight is 217 g/mol. The van der Waals surface area contributed by atoms with Crippen LogP contribution < -0.4 is 10.6 Å². The van der Waals surface area contributed by atoms with Gasteiger partial charge in [-0.25, -0.2) is 0 Å². The Bertz CT molecular complexity index is 148. The molecule has 84 valence electrons. The molecule has 0 radical (unpaired) electrons. The number of nitrogens with one attached hydrogen (secondary N) is 2. The van der Waals surface area contributed by atoms with Crippen molar-refractivity contribution >= 4 is 17.7 Å². The summed E-state index contributed by atoms with van der Waals surface area (Å²) in [6.07, 6.45) is 5.88. The standard InChI is InChI=1S/C10H23N3S/c1-4-5-6-7-12-10(11-2)13-8-9-14-3/h4-9H2,1-3H3,(H2,11,12,13). The van der Waals surface area contributed by atoms with Crippen molar-refractivity contribution in [1.82, 2.24) is 10.6 Å². The van der Waals surface area contributed by atoms with Gasteiger partial charge in [-0.2, -0.15) is 11.8 Å². The Balaban J connectivity index is 3.39. The third-order valence-electron chi connectivity index (χ3n) is 1.90. The summed E-state index contributed by atoms with van der Waals surface area (Å²) in [5, 5.41) is 6.56. The summed E-state index contributed by atoms with van der Waals surface area (Å²) in [6.45, 7) is 4.22. The summed E-state index contributed by atoms with van der Waals surface area (Å²) in [5.74, 6) is 2.05. The lowest BCUT2D eigenvalue weighted by molar-refractivity contribution is 0.685. The first-order chi connectivity index (χ1) is 6.85. The molecule has 0 aromatic heterocycles. The SMILES string of the molecule is CCCCCNC(=NC)NCCSC. The summed E-state index contributed by atoms with van der Waals surface area (Å²) in [5.41, 5.74) is 0. The molecular weight excluding hydrogens is 194 g/mol. The van der Waals surface area contributed by atoms with E-state index in [0.717, 1.165) is 24.8 Å². The quantitative estimate of drug-likeness (QED) is 0.387. The molecule has 0 atom stereocenters. The second-order valence-electron chi connectivity index (χ2n) is 3.13. The largest absolute Gasteiger partial charge is 0.356 e. The van der Waals surface area contributed by atoms with Gasteiger partial charge in [0.05, 0.1) is 0 Å². The molecular formula is C10H23N3S. The predicted molar refractivity (Wildman–Crippen MR) is 67.3 cm³/mol. The molecule has 3 nitrogen and oxygen atoms in total. The van der Waals surface area contributed by atoms with E-state index in [4.69, 9.17) is 0 Å². The number of guanidine groups is 1. The number of hydrogen-bond donors (Lipinski definition) is 2. The molecule has 0 saturated heterocycles. The van der Waals surface area contributed by atoms with Crippen LogP contribution in [0, 0.1) is 0 Å². The highest BCUT2D eigenvalue weighted by Gasteiger charge is 1.94. The summed E-state index contributed by atoms with van der Waals surface area (Å²) in [6, 6.07) is 0. The lowest BCUT2D eigenvalue weighted by atomic mass is 10.2. The Kier molecular flexibility index (Phi) is 10.4. The third-order valence-corrected chi connectivity index (χ3v) is 2.51. The number of nitrogens with zero attached hydrogens (tertiary/aromatic N) is 1. The van der Waals surface area contributed by atoms with Crippen LogP contribution in [-0.4, -0.2) is 38.1 Å². The van der Waals surface area contributed by atoms with Crippen molar-refractivity contribution in [3.05, 3.63) is 0 Å². The van der Waals surface area contributed by atoms with Crippen LogP contribution in [0.25, 0.3) is 0 Å². The molecule has 0 fully saturated rings. The van der Waals surface area contributed by atoms with Crippen LogP contribution in [0.15, 0.2) is 4.99 Å². The molecule has 0 aliphatic carbocycles. The van der Waals surface area contributed by atoms with Crippen molar-refractivity contribution in [2.75, 3.05) is 32.1 Å². The molecule has 0 unspecified atom stereocenters. The minimum Gasteiger partial charge on any atom is -0.356 e. The van der Waals surface area contributed by atoms with Crippen LogP contribution in [-0.2, 0) is 0 Å². The maximum Gasteiger partial charge on any atom is 0.191 e. The van der Waals surface area contributed by atoms with Gasteiger partial charge in [0, 0.05) is 25.9 Å². The van der Waals surface area contributed by atoms with Crippen LogP contribution in [0.3, 0.4) is 0 Å². The third kappa shape index (κ3) is 8.23. The Morgan fingerprint density at radius 2 is 1.93 bits per heavy atom. The summed E-state index contributed by atoms with van der Waals surface area (Å²) in [7, 11) is 1.81. The van der Waals surface area contributed by atoms with Gasteiger partial charge in [0.25, 0.3) is 0 Å². The first-order valence-electron chi connectivity index (χ1n) is 5.28. The van der Waals surface area contributed by atoms with E-state index in [2.05, 4.69) is 28.8 Å². The smallest absolute Gasteiger partial charge is 0.191 e. The normalized spacial score (nSPS) is 11.5. The van der Waals surface area contributed by atoms with Gasteiger partial charge in [0.15, 0.2) is 5.96 Å².